The van der Waals surface area contributed by atoms with E-state index in [1.165, 1.54) is 30.4 Å². The fourth-order valence-electron chi connectivity index (χ4n) is 2.82. The molecule has 1 nitrogen and oxygen atoms in total. The molecule has 1 heteroatoms. The molecule has 18 heavy (non-hydrogen) atoms. The summed E-state index contributed by atoms with van der Waals surface area (Å²) >= 11 is 0. The fourth-order valence-corrected chi connectivity index (χ4v) is 2.82. The van der Waals surface area contributed by atoms with Crippen LogP contribution in [0.25, 0.3) is 0 Å². The van der Waals surface area contributed by atoms with Crippen molar-refractivity contribution in [1.29, 1.82) is 0 Å². The second kappa shape index (κ2) is 6.07. The maximum atomic E-state index is 5.57. The average Bonchev–Trinajstić information content (AvgIpc) is 2.39. The van der Waals surface area contributed by atoms with E-state index in [9.17, 15) is 0 Å². The van der Waals surface area contributed by atoms with Crippen molar-refractivity contribution >= 4 is 0 Å². The van der Waals surface area contributed by atoms with Gasteiger partial charge in [0.25, 0.3) is 0 Å². The van der Waals surface area contributed by atoms with Gasteiger partial charge >= 0.3 is 0 Å². The molecule has 2 unspecified atom stereocenters. The molecule has 96 valence electrons. The molecule has 1 aromatic rings. The summed E-state index contributed by atoms with van der Waals surface area (Å²) in [5.41, 5.74) is 3.05. The van der Waals surface area contributed by atoms with Gasteiger partial charge in [-0.05, 0) is 42.2 Å². The SMILES string of the molecule is C#CC(NCC1CCCc2ccccc21)C(C)C. The van der Waals surface area contributed by atoms with Gasteiger partial charge in [-0.25, -0.2) is 0 Å². The highest BCUT2D eigenvalue weighted by Gasteiger charge is 2.20. The van der Waals surface area contributed by atoms with Gasteiger partial charge in [-0.3, -0.25) is 0 Å². The second-order valence-electron chi connectivity index (χ2n) is 5.58. The van der Waals surface area contributed by atoms with Crippen LogP contribution in [0.3, 0.4) is 0 Å². The van der Waals surface area contributed by atoms with Gasteiger partial charge in [0, 0.05) is 6.54 Å². The predicted molar refractivity (Wildman–Crippen MR) is 77.6 cm³/mol. The number of rotatable bonds is 4. The first-order valence-electron chi connectivity index (χ1n) is 6.99. The number of nitrogens with one attached hydrogen (secondary N) is 1. The zero-order valence-electron chi connectivity index (χ0n) is 11.4. The second-order valence-corrected chi connectivity index (χ2v) is 5.58. The third-order valence-corrected chi connectivity index (χ3v) is 3.92. The first-order valence-corrected chi connectivity index (χ1v) is 6.99. The number of aryl methyl sites for hydroxylation is 1. The van der Waals surface area contributed by atoms with Crippen LogP contribution >= 0.6 is 0 Å². The van der Waals surface area contributed by atoms with Gasteiger partial charge in [0.2, 0.25) is 0 Å². The monoisotopic (exact) mass is 241 g/mol. The molecule has 0 heterocycles. The molecule has 2 rings (SSSR count). The van der Waals surface area contributed by atoms with Crippen LogP contribution in [0.1, 0.15) is 43.7 Å². The van der Waals surface area contributed by atoms with E-state index in [1.54, 1.807) is 0 Å². The normalized spacial score (nSPS) is 20.2. The molecule has 0 saturated carbocycles. The van der Waals surface area contributed by atoms with Gasteiger partial charge in [-0.1, -0.05) is 44.0 Å². The molecule has 0 fully saturated rings. The van der Waals surface area contributed by atoms with Crippen LogP contribution in [0.15, 0.2) is 24.3 Å². The van der Waals surface area contributed by atoms with E-state index in [0.717, 1.165) is 6.54 Å². The van der Waals surface area contributed by atoms with E-state index in [4.69, 9.17) is 6.42 Å². The number of terminal acetylenes is 1. The highest BCUT2D eigenvalue weighted by molar-refractivity contribution is 5.32. The number of benzene rings is 1. The summed E-state index contributed by atoms with van der Waals surface area (Å²) < 4.78 is 0. The lowest BCUT2D eigenvalue weighted by molar-refractivity contribution is 0.433. The largest absolute Gasteiger partial charge is 0.303 e. The zero-order chi connectivity index (χ0) is 13.0. The quantitative estimate of drug-likeness (QED) is 0.797. The fraction of sp³-hybridized carbons (Fsp3) is 0.529. The molecule has 1 aromatic carbocycles. The molecule has 2 atom stereocenters. The number of hydrogen-bond donors (Lipinski definition) is 1. The van der Waals surface area contributed by atoms with Gasteiger partial charge in [-0.15, -0.1) is 6.42 Å². The van der Waals surface area contributed by atoms with Crippen LogP contribution in [0, 0.1) is 18.3 Å². The zero-order valence-corrected chi connectivity index (χ0v) is 11.4. The maximum Gasteiger partial charge on any atom is 0.0710 e. The lowest BCUT2D eigenvalue weighted by atomic mass is 9.82. The Morgan fingerprint density at radius 2 is 2.17 bits per heavy atom. The molecule has 0 bridgehead atoms. The van der Waals surface area contributed by atoms with E-state index in [-0.39, 0.29) is 6.04 Å². The molecular formula is C17H23N. The third kappa shape index (κ3) is 2.94. The molecule has 0 aliphatic heterocycles. The maximum absolute atomic E-state index is 5.57. The Hall–Kier alpha value is -1.26. The smallest absolute Gasteiger partial charge is 0.0710 e. The molecule has 1 N–H and O–H groups in total. The van der Waals surface area contributed by atoms with Crippen molar-refractivity contribution in [2.75, 3.05) is 6.54 Å². The molecule has 0 amide bonds. The summed E-state index contributed by atoms with van der Waals surface area (Å²) in [5.74, 6) is 3.98. The van der Waals surface area contributed by atoms with Gasteiger partial charge < -0.3 is 5.32 Å². The van der Waals surface area contributed by atoms with Crippen molar-refractivity contribution in [2.24, 2.45) is 5.92 Å². The van der Waals surface area contributed by atoms with E-state index < -0.39 is 0 Å². The Morgan fingerprint density at radius 1 is 1.39 bits per heavy atom. The van der Waals surface area contributed by atoms with Crippen LogP contribution < -0.4 is 5.32 Å². The van der Waals surface area contributed by atoms with Gasteiger partial charge in [0.15, 0.2) is 0 Å². The Labute approximate surface area is 111 Å². The van der Waals surface area contributed by atoms with Gasteiger partial charge in [-0.2, -0.15) is 0 Å². The molecule has 1 aliphatic rings. The summed E-state index contributed by atoms with van der Waals surface area (Å²) in [7, 11) is 0. The van der Waals surface area contributed by atoms with Crippen LogP contribution in [-0.4, -0.2) is 12.6 Å². The molecule has 0 aromatic heterocycles. The molecular weight excluding hydrogens is 218 g/mol. The summed E-state index contributed by atoms with van der Waals surface area (Å²) in [6.07, 6.45) is 9.38. The minimum Gasteiger partial charge on any atom is -0.303 e. The first-order chi connectivity index (χ1) is 8.72. The Kier molecular flexibility index (Phi) is 4.44. The van der Waals surface area contributed by atoms with Crippen molar-refractivity contribution in [1.82, 2.24) is 5.32 Å². The highest BCUT2D eigenvalue weighted by Crippen LogP contribution is 2.30. The standard InChI is InChI=1S/C17H23N/c1-4-17(13(2)3)18-12-15-10-7-9-14-8-5-6-11-16(14)15/h1,5-6,8,11,13,15,17-18H,7,9-10,12H2,2-3H3. The summed E-state index contributed by atoms with van der Waals surface area (Å²) in [6, 6.07) is 9.04. The van der Waals surface area contributed by atoms with Gasteiger partial charge in [0.05, 0.1) is 6.04 Å². The van der Waals surface area contributed by atoms with E-state index in [1.807, 2.05) is 0 Å². The molecule has 0 radical (unpaired) electrons. The minimum atomic E-state index is 0.194. The number of fused-ring (bicyclic) bond motifs is 1. The minimum absolute atomic E-state index is 0.194. The van der Waals surface area contributed by atoms with Crippen LogP contribution in [-0.2, 0) is 6.42 Å². The third-order valence-electron chi connectivity index (χ3n) is 3.92. The Balaban J connectivity index is 2.02. The van der Waals surface area contributed by atoms with Gasteiger partial charge in [0.1, 0.15) is 0 Å². The average molecular weight is 241 g/mol. The molecule has 0 saturated heterocycles. The Bertz CT molecular complexity index is 427. The van der Waals surface area contributed by atoms with Crippen molar-refractivity contribution < 1.29 is 0 Å². The van der Waals surface area contributed by atoms with Crippen LogP contribution in [0.2, 0.25) is 0 Å². The number of hydrogen-bond acceptors (Lipinski definition) is 1. The summed E-state index contributed by atoms with van der Waals surface area (Å²) in [6.45, 7) is 5.35. The van der Waals surface area contributed by atoms with Crippen molar-refractivity contribution in [3.05, 3.63) is 35.4 Å². The summed E-state index contributed by atoms with van der Waals surface area (Å²) in [5, 5.41) is 3.54. The lowest BCUT2D eigenvalue weighted by Crippen LogP contribution is -2.36. The molecule has 1 aliphatic carbocycles. The highest BCUT2D eigenvalue weighted by atomic mass is 14.9. The summed E-state index contributed by atoms with van der Waals surface area (Å²) in [4.78, 5) is 0. The molecule has 0 spiro atoms. The Morgan fingerprint density at radius 3 is 2.89 bits per heavy atom. The predicted octanol–water partition coefficient (Wildman–Crippen LogP) is 3.35. The van der Waals surface area contributed by atoms with E-state index in [0.29, 0.717) is 11.8 Å². The van der Waals surface area contributed by atoms with Crippen molar-refractivity contribution in [2.45, 2.75) is 45.1 Å². The van der Waals surface area contributed by atoms with Crippen molar-refractivity contribution in [3.63, 3.8) is 0 Å². The van der Waals surface area contributed by atoms with Crippen LogP contribution in [0.5, 0.6) is 0 Å². The topological polar surface area (TPSA) is 12.0 Å². The lowest BCUT2D eigenvalue weighted by Gasteiger charge is -2.27. The van der Waals surface area contributed by atoms with E-state index in [2.05, 4.69) is 49.4 Å². The van der Waals surface area contributed by atoms with Crippen molar-refractivity contribution in [3.8, 4) is 12.3 Å². The first kappa shape index (κ1) is 13.2. The van der Waals surface area contributed by atoms with Crippen LogP contribution in [0.4, 0.5) is 0 Å². The van der Waals surface area contributed by atoms with E-state index >= 15 is 0 Å².